The number of unbranched alkanes of at least 4 members (excludes halogenated alkanes) is 3. The second-order valence-electron chi connectivity index (χ2n) is 5.79. The van der Waals surface area contributed by atoms with E-state index in [9.17, 15) is 22.8 Å². The fourth-order valence-corrected chi connectivity index (χ4v) is 2.33. The van der Waals surface area contributed by atoms with E-state index in [4.69, 9.17) is 19.1 Å². The van der Waals surface area contributed by atoms with Gasteiger partial charge in [0.05, 0.1) is 19.6 Å². The van der Waals surface area contributed by atoms with Gasteiger partial charge >= 0.3 is 17.9 Å². The summed E-state index contributed by atoms with van der Waals surface area (Å²) in [6.45, 7) is 3.65. The lowest BCUT2D eigenvalue weighted by atomic mass is 10.2. The van der Waals surface area contributed by atoms with Gasteiger partial charge in [0.1, 0.15) is 4.32 Å². The number of carboxylic acid groups (broad SMARTS) is 1. The molecule has 0 aromatic carbocycles. The van der Waals surface area contributed by atoms with Crippen LogP contribution >= 0.6 is 15.9 Å². The van der Waals surface area contributed by atoms with Gasteiger partial charge in [-0.05, 0) is 39.5 Å². The molecule has 1 atom stereocenters. The summed E-state index contributed by atoms with van der Waals surface area (Å²) in [5.74, 6) is -3.19. The number of ether oxygens (including phenoxy) is 2. The van der Waals surface area contributed by atoms with E-state index in [1.807, 2.05) is 0 Å². The predicted octanol–water partition coefficient (Wildman–Crippen LogP) is 1.54. The van der Waals surface area contributed by atoms with Gasteiger partial charge in [0.25, 0.3) is 10.1 Å². The molecule has 0 fully saturated rings. The maximum Gasteiger partial charge on any atom is 0.325 e. The minimum absolute atomic E-state index is 0.00483. The molecule has 0 aliphatic rings. The Morgan fingerprint density at radius 3 is 1.92 bits per heavy atom. The molecule has 0 radical (unpaired) electrons. The van der Waals surface area contributed by atoms with Crippen LogP contribution in [0.2, 0.25) is 0 Å². The van der Waals surface area contributed by atoms with Crippen LogP contribution in [0.3, 0.4) is 0 Å². The fraction of sp³-hybridized carbons (Fsp3) is 0.786. The monoisotopic (exact) mass is 446 g/mol. The summed E-state index contributed by atoms with van der Waals surface area (Å²) in [7, 11) is -4.87. The Hall–Kier alpha value is -1.20. The van der Waals surface area contributed by atoms with Crippen molar-refractivity contribution in [1.82, 2.24) is 0 Å². The maximum absolute atomic E-state index is 11.5. The van der Waals surface area contributed by atoms with Crippen LogP contribution in [0.1, 0.15) is 46.0 Å². The number of hydrogen-bond donors (Lipinski definition) is 2. The zero-order chi connectivity index (χ0) is 19.7. The molecule has 0 aromatic rings. The van der Waals surface area contributed by atoms with Gasteiger partial charge in [0.15, 0.2) is 5.25 Å². The highest BCUT2D eigenvalue weighted by Crippen LogP contribution is 2.17. The molecule has 0 saturated carbocycles. The molecular weight excluding hydrogens is 424 g/mol. The zero-order valence-electron chi connectivity index (χ0n) is 14.1. The van der Waals surface area contributed by atoms with Gasteiger partial charge in [-0.15, -0.1) is 0 Å². The Morgan fingerprint density at radius 1 is 1.04 bits per heavy atom. The summed E-state index contributed by atoms with van der Waals surface area (Å²) in [5.41, 5.74) is 0. The zero-order valence-corrected chi connectivity index (χ0v) is 16.5. The first kappa shape index (κ1) is 23.8. The van der Waals surface area contributed by atoms with Crippen molar-refractivity contribution in [3.05, 3.63) is 0 Å². The maximum atomic E-state index is 11.5. The first-order valence-electron chi connectivity index (χ1n) is 7.56. The minimum atomic E-state index is -4.87. The Labute approximate surface area is 154 Å². The van der Waals surface area contributed by atoms with Gasteiger partial charge in [0.2, 0.25) is 0 Å². The molecule has 0 aliphatic carbocycles. The van der Waals surface area contributed by atoms with Gasteiger partial charge < -0.3 is 14.6 Å². The second kappa shape index (κ2) is 10.7. The van der Waals surface area contributed by atoms with Gasteiger partial charge in [-0.1, -0.05) is 15.9 Å². The van der Waals surface area contributed by atoms with Crippen molar-refractivity contribution in [1.29, 1.82) is 0 Å². The first-order chi connectivity index (χ1) is 11.4. The van der Waals surface area contributed by atoms with Crippen molar-refractivity contribution in [2.24, 2.45) is 0 Å². The van der Waals surface area contributed by atoms with E-state index in [2.05, 4.69) is 15.9 Å². The Balaban J connectivity index is 3.84. The van der Waals surface area contributed by atoms with Gasteiger partial charge in [-0.25, -0.2) is 0 Å². The summed E-state index contributed by atoms with van der Waals surface area (Å²) in [6, 6.07) is 0. The van der Waals surface area contributed by atoms with Crippen LogP contribution in [0, 0.1) is 0 Å². The topological polar surface area (TPSA) is 144 Å². The lowest BCUT2D eigenvalue weighted by Crippen LogP contribution is -2.32. The molecule has 0 saturated heterocycles. The van der Waals surface area contributed by atoms with Crippen LogP contribution in [0.4, 0.5) is 0 Å². The first-order valence-corrected chi connectivity index (χ1v) is 9.86. The summed E-state index contributed by atoms with van der Waals surface area (Å²) >= 11 is 3.19. The van der Waals surface area contributed by atoms with Crippen LogP contribution in [0.25, 0.3) is 0 Å². The molecular formula is C14H23BrO9S. The van der Waals surface area contributed by atoms with Crippen molar-refractivity contribution in [2.45, 2.75) is 55.5 Å². The Morgan fingerprint density at radius 2 is 1.52 bits per heavy atom. The number of rotatable bonds is 12. The molecule has 146 valence electrons. The molecule has 0 bridgehead atoms. The number of esters is 2. The van der Waals surface area contributed by atoms with Crippen molar-refractivity contribution in [3.8, 4) is 0 Å². The van der Waals surface area contributed by atoms with Gasteiger partial charge in [-0.3, -0.25) is 18.9 Å². The van der Waals surface area contributed by atoms with Crippen molar-refractivity contribution in [3.63, 3.8) is 0 Å². The highest BCUT2D eigenvalue weighted by atomic mass is 79.9. The number of carboxylic acids is 1. The average molecular weight is 447 g/mol. The molecule has 9 nitrogen and oxygen atoms in total. The summed E-state index contributed by atoms with van der Waals surface area (Å²) < 4.78 is 39.4. The molecule has 0 amide bonds. The molecule has 1 unspecified atom stereocenters. The van der Waals surface area contributed by atoms with E-state index >= 15 is 0 Å². The minimum Gasteiger partial charge on any atom is -0.480 e. The van der Waals surface area contributed by atoms with Crippen LogP contribution in [0.5, 0.6) is 0 Å². The van der Waals surface area contributed by atoms with Crippen LogP contribution in [0.15, 0.2) is 0 Å². The molecule has 2 N–H and O–H groups in total. The number of aliphatic carboxylic acids is 1. The predicted molar refractivity (Wildman–Crippen MR) is 91.0 cm³/mol. The Kier molecular flexibility index (Phi) is 10.2. The largest absolute Gasteiger partial charge is 0.480 e. The molecule has 11 heteroatoms. The second-order valence-corrected chi connectivity index (χ2v) is 9.37. The normalized spacial score (nSPS) is 13.1. The molecule has 0 aliphatic heterocycles. The van der Waals surface area contributed by atoms with Crippen molar-refractivity contribution < 1.29 is 41.9 Å². The van der Waals surface area contributed by atoms with E-state index in [0.717, 1.165) is 6.42 Å². The van der Waals surface area contributed by atoms with E-state index in [1.54, 1.807) is 13.8 Å². The molecule has 25 heavy (non-hydrogen) atoms. The third kappa shape index (κ3) is 11.1. The molecule has 0 spiro atoms. The van der Waals surface area contributed by atoms with Crippen molar-refractivity contribution >= 4 is 44.0 Å². The SMILES string of the molecule is CC(C)(Br)C(=O)OCCCCCCOC(=O)CC(C(=O)O)S(=O)(=O)O. The number of halogens is 1. The quantitative estimate of drug-likeness (QED) is 0.197. The lowest BCUT2D eigenvalue weighted by molar-refractivity contribution is -0.147. The highest BCUT2D eigenvalue weighted by molar-refractivity contribution is 9.10. The average Bonchev–Trinajstić information content (AvgIpc) is 2.44. The number of carbonyl (C=O) groups excluding carboxylic acids is 2. The molecule has 0 aromatic heterocycles. The van der Waals surface area contributed by atoms with E-state index in [1.165, 1.54) is 0 Å². The summed E-state index contributed by atoms with van der Waals surface area (Å²) in [4.78, 5) is 33.5. The molecule has 0 rings (SSSR count). The van der Waals surface area contributed by atoms with Gasteiger partial charge in [0, 0.05) is 0 Å². The van der Waals surface area contributed by atoms with Crippen molar-refractivity contribution in [2.75, 3.05) is 13.2 Å². The number of hydrogen-bond acceptors (Lipinski definition) is 7. The smallest absolute Gasteiger partial charge is 0.325 e. The lowest BCUT2D eigenvalue weighted by Gasteiger charge is -2.14. The van der Waals surface area contributed by atoms with Gasteiger partial charge in [-0.2, -0.15) is 8.42 Å². The Bertz CT molecular complexity index is 565. The fourth-order valence-electron chi connectivity index (χ4n) is 1.61. The third-order valence-corrected chi connectivity index (χ3v) is 4.42. The number of alkyl halides is 1. The summed E-state index contributed by atoms with van der Waals surface area (Å²) in [5, 5.41) is 6.42. The molecule has 0 heterocycles. The van der Waals surface area contributed by atoms with Crippen LogP contribution < -0.4 is 0 Å². The number of carbonyl (C=O) groups is 3. The standard InChI is InChI=1S/C14H23BrO9S/c1-14(2,15)13(19)24-8-6-4-3-5-7-23-11(16)9-10(12(17)18)25(20,21)22/h10H,3-9H2,1-2H3,(H,17,18)(H,20,21,22). The highest BCUT2D eigenvalue weighted by Gasteiger charge is 2.33. The van der Waals surface area contributed by atoms with E-state index < -0.39 is 38.1 Å². The summed E-state index contributed by atoms with van der Waals surface area (Å²) in [6.07, 6.45) is 1.60. The van der Waals surface area contributed by atoms with Crippen LogP contribution in [-0.2, 0) is 34.0 Å². The van der Waals surface area contributed by atoms with E-state index in [-0.39, 0.29) is 19.2 Å². The van der Waals surface area contributed by atoms with E-state index in [0.29, 0.717) is 19.3 Å². The third-order valence-electron chi connectivity index (χ3n) is 3.01. The van der Waals surface area contributed by atoms with Crippen LogP contribution in [-0.4, -0.2) is 58.8 Å².